The molecule has 2 aromatic rings. The third kappa shape index (κ3) is 3.88. The fraction of sp³-hybridized carbons (Fsp3) is 0.238. The van der Waals surface area contributed by atoms with E-state index in [4.69, 9.17) is 11.6 Å². The third-order valence-electron chi connectivity index (χ3n) is 4.81. The fourth-order valence-electron chi connectivity index (χ4n) is 3.11. The molecule has 0 atom stereocenters. The molecule has 27 heavy (non-hydrogen) atoms. The lowest BCUT2D eigenvalue weighted by Crippen LogP contribution is -2.42. The highest BCUT2D eigenvalue weighted by atomic mass is 35.5. The standard InChI is InChI=1S/C21H21ClFN3O/c1-13-11-21(2,3)26(4)19-10-18(22)15(9-17(13)19)12-24-25-20(27)14-5-7-16(23)8-6-14/h5-12H,1-4H3,(H,25,27)/b24-12-. The highest BCUT2D eigenvalue weighted by molar-refractivity contribution is 6.33. The summed E-state index contributed by atoms with van der Waals surface area (Å²) in [5.74, 6) is -0.814. The first kappa shape index (κ1) is 19.1. The highest BCUT2D eigenvalue weighted by Crippen LogP contribution is 2.40. The number of allylic oxidation sites excluding steroid dienone is 1. The maximum absolute atomic E-state index is 12.9. The van der Waals surface area contributed by atoms with Gasteiger partial charge in [-0.05, 0) is 62.7 Å². The Bertz CT molecular complexity index is 949. The minimum Gasteiger partial charge on any atom is -0.365 e. The molecule has 0 radical (unpaired) electrons. The first-order valence-electron chi connectivity index (χ1n) is 8.55. The van der Waals surface area contributed by atoms with Gasteiger partial charge in [0.25, 0.3) is 5.91 Å². The summed E-state index contributed by atoms with van der Waals surface area (Å²) in [7, 11) is 2.04. The van der Waals surface area contributed by atoms with Gasteiger partial charge in [0.15, 0.2) is 0 Å². The van der Waals surface area contributed by atoms with Crippen LogP contribution in [0.3, 0.4) is 0 Å². The number of benzene rings is 2. The predicted molar refractivity (Wildman–Crippen MR) is 109 cm³/mol. The Morgan fingerprint density at radius 2 is 1.93 bits per heavy atom. The lowest BCUT2D eigenvalue weighted by molar-refractivity contribution is 0.0955. The van der Waals surface area contributed by atoms with Gasteiger partial charge in [-0.15, -0.1) is 0 Å². The van der Waals surface area contributed by atoms with Crippen molar-refractivity contribution in [1.29, 1.82) is 0 Å². The summed E-state index contributed by atoms with van der Waals surface area (Å²) in [4.78, 5) is 14.2. The fourth-order valence-corrected chi connectivity index (χ4v) is 3.32. The van der Waals surface area contributed by atoms with E-state index >= 15 is 0 Å². The Morgan fingerprint density at radius 1 is 1.26 bits per heavy atom. The van der Waals surface area contributed by atoms with Gasteiger partial charge in [0, 0.05) is 29.4 Å². The molecule has 0 aromatic heterocycles. The number of nitrogens with zero attached hydrogens (tertiary/aromatic N) is 2. The van der Waals surface area contributed by atoms with Crippen molar-refractivity contribution in [1.82, 2.24) is 5.43 Å². The van der Waals surface area contributed by atoms with Gasteiger partial charge >= 0.3 is 0 Å². The monoisotopic (exact) mass is 385 g/mol. The number of hydrazone groups is 1. The van der Waals surface area contributed by atoms with Crippen LogP contribution < -0.4 is 10.3 Å². The van der Waals surface area contributed by atoms with E-state index in [0.29, 0.717) is 16.1 Å². The van der Waals surface area contributed by atoms with Crippen LogP contribution in [0.25, 0.3) is 5.57 Å². The molecule has 2 aromatic carbocycles. The molecule has 0 unspecified atom stereocenters. The first-order valence-corrected chi connectivity index (χ1v) is 8.93. The predicted octanol–water partition coefficient (Wildman–Crippen LogP) is 4.87. The van der Waals surface area contributed by atoms with E-state index in [9.17, 15) is 9.18 Å². The van der Waals surface area contributed by atoms with Gasteiger partial charge in [0.1, 0.15) is 5.82 Å². The molecule has 0 bridgehead atoms. The van der Waals surface area contributed by atoms with E-state index in [0.717, 1.165) is 16.8 Å². The summed E-state index contributed by atoms with van der Waals surface area (Å²) >= 11 is 6.43. The molecular weight excluding hydrogens is 365 g/mol. The number of fused-ring (bicyclic) bond motifs is 1. The van der Waals surface area contributed by atoms with Crippen LogP contribution in [0.2, 0.25) is 5.02 Å². The van der Waals surface area contributed by atoms with E-state index < -0.39 is 11.7 Å². The van der Waals surface area contributed by atoms with Crippen LogP contribution in [0.15, 0.2) is 47.6 Å². The summed E-state index contributed by atoms with van der Waals surface area (Å²) in [6.45, 7) is 6.36. The molecule has 0 aliphatic carbocycles. The summed E-state index contributed by atoms with van der Waals surface area (Å²) < 4.78 is 12.9. The van der Waals surface area contributed by atoms with Gasteiger partial charge in [-0.1, -0.05) is 17.7 Å². The molecular formula is C21H21ClFN3O. The van der Waals surface area contributed by atoms with E-state index in [2.05, 4.69) is 42.3 Å². The van der Waals surface area contributed by atoms with Gasteiger partial charge in [-0.3, -0.25) is 4.79 Å². The number of amides is 1. The number of anilines is 1. The van der Waals surface area contributed by atoms with Crippen molar-refractivity contribution in [3.63, 3.8) is 0 Å². The summed E-state index contributed by atoms with van der Waals surface area (Å²) in [6, 6.07) is 9.13. The molecule has 0 saturated carbocycles. The molecule has 1 amide bonds. The van der Waals surface area contributed by atoms with Crippen LogP contribution in [0.4, 0.5) is 10.1 Å². The number of halogens is 2. The van der Waals surface area contributed by atoms with Gasteiger partial charge in [-0.2, -0.15) is 5.10 Å². The number of rotatable bonds is 3. The van der Waals surface area contributed by atoms with Crippen LogP contribution in [-0.2, 0) is 0 Å². The van der Waals surface area contributed by atoms with Crippen molar-refractivity contribution < 1.29 is 9.18 Å². The number of hydrogen-bond donors (Lipinski definition) is 1. The highest BCUT2D eigenvalue weighted by Gasteiger charge is 2.29. The van der Waals surface area contributed by atoms with Crippen molar-refractivity contribution >= 4 is 35.0 Å². The smallest absolute Gasteiger partial charge is 0.271 e. The molecule has 140 valence electrons. The second-order valence-electron chi connectivity index (χ2n) is 7.14. The van der Waals surface area contributed by atoms with Gasteiger partial charge in [0.05, 0.1) is 16.8 Å². The van der Waals surface area contributed by atoms with Crippen molar-refractivity contribution in [2.45, 2.75) is 26.3 Å². The Morgan fingerprint density at radius 3 is 2.59 bits per heavy atom. The van der Waals surface area contributed by atoms with E-state index in [1.807, 2.05) is 19.2 Å². The number of carbonyl (C=O) groups excluding carboxylic acids is 1. The maximum atomic E-state index is 12.9. The summed E-state index contributed by atoms with van der Waals surface area (Å²) in [5.41, 5.74) is 6.66. The minimum atomic E-state index is -0.419. The van der Waals surface area contributed by atoms with Crippen LogP contribution in [0.1, 0.15) is 42.3 Å². The zero-order valence-electron chi connectivity index (χ0n) is 15.7. The Labute approximate surface area is 163 Å². The topological polar surface area (TPSA) is 44.7 Å². The van der Waals surface area contributed by atoms with Crippen LogP contribution in [0.5, 0.6) is 0 Å². The molecule has 0 saturated heterocycles. The molecule has 1 aliphatic rings. The minimum absolute atomic E-state index is 0.0981. The molecule has 1 aliphatic heterocycles. The van der Waals surface area contributed by atoms with E-state index in [-0.39, 0.29) is 5.54 Å². The normalized spacial score (nSPS) is 15.5. The zero-order valence-corrected chi connectivity index (χ0v) is 16.4. The second kappa shape index (κ2) is 7.16. The number of nitrogens with one attached hydrogen (secondary N) is 1. The Kier molecular flexibility index (Phi) is 5.07. The molecule has 3 rings (SSSR count). The second-order valence-corrected chi connectivity index (χ2v) is 7.54. The Balaban J connectivity index is 1.82. The average Bonchev–Trinajstić information content (AvgIpc) is 2.61. The van der Waals surface area contributed by atoms with Gasteiger partial charge in [-0.25, -0.2) is 9.82 Å². The first-order chi connectivity index (χ1) is 12.7. The summed E-state index contributed by atoms with van der Waals surface area (Å²) in [5, 5.41) is 4.53. The van der Waals surface area contributed by atoms with Crippen LogP contribution in [0, 0.1) is 5.82 Å². The van der Waals surface area contributed by atoms with Crippen molar-refractivity contribution in [2.24, 2.45) is 5.10 Å². The molecule has 1 heterocycles. The van der Waals surface area contributed by atoms with Crippen LogP contribution in [-0.4, -0.2) is 24.7 Å². The van der Waals surface area contributed by atoms with Gasteiger partial charge in [0.2, 0.25) is 0 Å². The van der Waals surface area contributed by atoms with E-state index in [1.54, 1.807) is 0 Å². The molecule has 6 heteroatoms. The van der Waals surface area contributed by atoms with Crippen molar-refractivity contribution in [2.75, 3.05) is 11.9 Å². The SMILES string of the molecule is CC1=CC(C)(C)N(C)c2cc(Cl)c(/C=N\NC(=O)c3ccc(F)cc3)cc21. The van der Waals surface area contributed by atoms with Crippen molar-refractivity contribution in [3.8, 4) is 0 Å². The number of hydrogen-bond acceptors (Lipinski definition) is 3. The summed E-state index contributed by atoms with van der Waals surface area (Å²) in [6.07, 6.45) is 3.72. The largest absolute Gasteiger partial charge is 0.365 e. The molecule has 1 N–H and O–H groups in total. The average molecular weight is 386 g/mol. The quantitative estimate of drug-likeness (QED) is 0.604. The van der Waals surface area contributed by atoms with Crippen molar-refractivity contribution in [3.05, 3.63) is 70.0 Å². The molecule has 4 nitrogen and oxygen atoms in total. The molecule has 0 spiro atoms. The zero-order chi connectivity index (χ0) is 19.8. The van der Waals surface area contributed by atoms with E-state index in [1.165, 1.54) is 30.5 Å². The lowest BCUT2D eigenvalue weighted by Gasteiger charge is -2.40. The lowest BCUT2D eigenvalue weighted by atomic mass is 9.88. The Hall–Kier alpha value is -2.66. The maximum Gasteiger partial charge on any atom is 0.271 e. The van der Waals surface area contributed by atoms with Crippen LogP contribution >= 0.6 is 11.6 Å². The van der Waals surface area contributed by atoms with Gasteiger partial charge < -0.3 is 4.90 Å². The number of likely N-dealkylation sites (N-methyl/N-ethyl adjacent to an activating group) is 1. The molecule has 0 fully saturated rings. The third-order valence-corrected chi connectivity index (χ3v) is 5.14. The number of carbonyl (C=O) groups is 1.